The van der Waals surface area contributed by atoms with Gasteiger partial charge in [-0.3, -0.25) is 19.1 Å². The minimum absolute atomic E-state index is 0.0729. The van der Waals surface area contributed by atoms with Gasteiger partial charge in [0.2, 0.25) is 5.82 Å². The predicted molar refractivity (Wildman–Crippen MR) is 116 cm³/mol. The van der Waals surface area contributed by atoms with Gasteiger partial charge in [0.25, 0.3) is 15.9 Å². The molecule has 11 nitrogen and oxygen atoms in total. The van der Waals surface area contributed by atoms with Crippen molar-refractivity contribution in [1.82, 2.24) is 25.2 Å². The van der Waals surface area contributed by atoms with E-state index in [0.717, 1.165) is 12.1 Å². The minimum Gasteiger partial charge on any atom is -0.414 e. The molecule has 1 atom stereocenters. The molecule has 35 heavy (non-hydrogen) atoms. The molecule has 1 amide bonds. The first-order chi connectivity index (χ1) is 16.4. The summed E-state index contributed by atoms with van der Waals surface area (Å²) in [5, 5.41) is 7.03. The van der Waals surface area contributed by atoms with E-state index in [-0.39, 0.29) is 23.0 Å². The van der Waals surface area contributed by atoms with Gasteiger partial charge in [0, 0.05) is 6.20 Å². The van der Waals surface area contributed by atoms with E-state index in [1.54, 1.807) is 6.92 Å². The Balaban J connectivity index is 1.82. The quantitative estimate of drug-likeness (QED) is 0.440. The first kappa shape index (κ1) is 24.4. The van der Waals surface area contributed by atoms with Crippen molar-refractivity contribution in [2.24, 2.45) is 5.73 Å². The molecule has 1 unspecified atom stereocenters. The number of anilines is 1. The topological polar surface area (TPSA) is 154 Å². The third-order valence-corrected chi connectivity index (χ3v) is 6.44. The average Bonchev–Trinajstić information content (AvgIpc) is 3.42. The molecule has 0 aliphatic carbocycles. The number of nitrogens with one attached hydrogen (secondary N) is 2. The number of nitrogens with zero attached hydrogens (tertiary/aromatic N) is 4. The Bertz CT molecular complexity index is 1460. The summed E-state index contributed by atoms with van der Waals surface area (Å²) in [6, 6.07) is 3.58. The zero-order valence-electron chi connectivity index (χ0n) is 17.5. The second-order valence-corrected chi connectivity index (χ2v) is 9.33. The number of sulfonamides is 1. The molecule has 0 saturated heterocycles. The van der Waals surface area contributed by atoms with Crippen molar-refractivity contribution in [2.45, 2.75) is 24.2 Å². The van der Waals surface area contributed by atoms with E-state index in [2.05, 4.69) is 25.4 Å². The van der Waals surface area contributed by atoms with E-state index in [4.69, 9.17) is 22.2 Å². The van der Waals surface area contributed by atoms with Gasteiger partial charge in [0.05, 0.1) is 21.2 Å². The van der Waals surface area contributed by atoms with Gasteiger partial charge in [-0.1, -0.05) is 11.6 Å². The van der Waals surface area contributed by atoms with Crippen molar-refractivity contribution in [3.63, 3.8) is 0 Å². The monoisotopic (exact) mass is 529 g/mol. The molecule has 3 aromatic rings. The number of benzene rings is 1. The second kappa shape index (κ2) is 8.83. The number of hydrogen-bond acceptors (Lipinski definition) is 8. The molecule has 4 rings (SSSR count). The summed E-state index contributed by atoms with van der Waals surface area (Å²) in [6.07, 6.45) is -1.47. The minimum atomic E-state index is -4.87. The Morgan fingerprint density at radius 2 is 2.03 bits per heavy atom. The fourth-order valence-corrected chi connectivity index (χ4v) is 4.51. The van der Waals surface area contributed by atoms with Crippen molar-refractivity contribution >= 4 is 33.2 Å². The SMILES string of the molecule is Cc1cnc(-c2nnc(C(N)=O)n2C2C=CON2)c(NS(=O)(=O)c2ccc(Cl)c(C(F)(F)F)c2)c1. The molecule has 0 bridgehead atoms. The Hall–Kier alpha value is -3.69. The van der Waals surface area contributed by atoms with Gasteiger partial charge in [0.1, 0.15) is 18.1 Å². The van der Waals surface area contributed by atoms with Crippen LogP contribution >= 0.6 is 11.6 Å². The summed E-state index contributed by atoms with van der Waals surface area (Å²) >= 11 is 5.60. The highest BCUT2D eigenvalue weighted by atomic mass is 35.5. The van der Waals surface area contributed by atoms with Crippen molar-refractivity contribution in [1.29, 1.82) is 0 Å². The van der Waals surface area contributed by atoms with Crippen molar-refractivity contribution < 1.29 is 31.2 Å². The van der Waals surface area contributed by atoms with Gasteiger partial charge in [-0.2, -0.15) is 13.2 Å². The number of aromatic nitrogens is 4. The standard InChI is InChI=1S/C19H15ClF3N7O4S/c1-9-6-13(29-35(32,33)10-2-3-12(20)11(7-10)19(21,22)23)15(25-8-9)17-26-27-18(16(24)31)30(17)14-4-5-34-28-14/h2-8,14,28-29H,1H3,(H2,24,31). The number of carbonyl (C=O) groups is 1. The predicted octanol–water partition coefficient (Wildman–Crippen LogP) is 2.77. The largest absolute Gasteiger partial charge is 0.417 e. The summed E-state index contributed by atoms with van der Waals surface area (Å²) in [4.78, 5) is 20.4. The number of primary amides is 1. The van der Waals surface area contributed by atoms with Crippen LogP contribution in [0.25, 0.3) is 11.5 Å². The van der Waals surface area contributed by atoms with Crippen molar-refractivity contribution in [2.75, 3.05) is 4.72 Å². The Labute approximate surface area is 200 Å². The van der Waals surface area contributed by atoms with Crippen molar-refractivity contribution in [3.8, 4) is 11.5 Å². The third kappa shape index (κ3) is 4.78. The van der Waals surface area contributed by atoms with Gasteiger partial charge in [-0.15, -0.1) is 15.7 Å². The number of amides is 1. The summed E-state index contributed by atoms with van der Waals surface area (Å²) in [6.45, 7) is 1.62. The number of nitrogens with two attached hydrogens (primary N) is 1. The van der Waals surface area contributed by atoms with Crippen LogP contribution in [-0.4, -0.2) is 34.1 Å². The summed E-state index contributed by atoms with van der Waals surface area (Å²) < 4.78 is 69.3. The number of hydroxylamine groups is 1. The number of aryl methyl sites for hydroxylation is 1. The molecule has 0 fully saturated rings. The number of halogens is 4. The van der Waals surface area contributed by atoms with Gasteiger partial charge in [-0.05, 0) is 42.8 Å². The molecule has 3 heterocycles. The van der Waals surface area contributed by atoms with Gasteiger partial charge in [-0.25, -0.2) is 8.42 Å². The lowest BCUT2D eigenvalue weighted by atomic mass is 10.2. The molecule has 16 heteroatoms. The molecule has 0 spiro atoms. The maximum Gasteiger partial charge on any atom is 0.417 e. The zero-order valence-corrected chi connectivity index (χ0v) is 19.1. The average molecular weight is 530 g/mol. The smallest absolute Gasteiger partial charge is 0.414 e. The van der Waals surface area contributed by atoms with Crippen LogP contribution in [-0.2, 0) is 21.0 Å². The summed E-state index contributed by atoms with van der Waals surface area (Å²) in [5.41, 5.74) is 6.95. The van der Waals surface area contributed by atoms with Crippen LogP contribution in [0.3, 0.4) is 0 Å². The van der Waals surface area contributed by atoms with E-state index in [1.807, 2.05) is 0 Å². The lowest BCUT2D eigenvalue weighted by Gasteiger charge is -2.17. The molecular weight excluding hydrogens is 515 g/mol. The highest BCUT2D eigenvalue weighted by Crippen LogP contribution is 2.37. The molecule has 1 aliphatic heterocycles. The number of carbonyl (C=O) groups excluding carboxylic acids is 1. The molecule has 0 radical (unpaired) electrons. The Kier molecular flexibility index (Phi) is 6.16. The van der Waals surface area contributed by atoms with Crippen LogP contribution in [0, 0.1) is 6.92 Å². The van der Waals surface area contributed by atoms with Gasteiger partial charge >= 0.3 is 6.18 Å². The zero-order chi connectivity index (χ0) is 25.5. The Morgan fingerprint density at radius 1 is 1.29 bits per heavy atom. The molecule has 1 aromatic carbocycles. The molecule has 2 aromatic heterocycles. The van der Waals surface area contributed by atoms with Crippen LogP contribution in [0.1, 0.15) is 27.9 Å². The van der Waals surface area contributed by atoms with E-state index in [1.165, 1.54) is 29.2 Å². The van der Waals surface area contributed by atoms with Crippen molar-refractivity contribution in [3.05, 3.63) is 64.8 Å². The molecule has 1 aliphatic rings. The first-order valence-corrected chi connectivity index (χ1v) is 11.4. The third-order valence-electron chi connectivity index (χ3n) is 4.75. The Morgan fingerprint density at radius 3 is 2.66 bits per heavy atom. The van der Waals surface area contributed by atoms with E-state index >= 15 is 0 Å². The fourth-order valence-electron chi connectivity index (χ4n) is 3.20. The van der Waals surface area contributed by atoms with Crippen LogP contribution in [0.2, 0.25) is 5.02 Å². The van der Waals surface area contributed by atoms with Crippen LogP contribution in [0.15, 0.2) is 47.7 Å². The first-order valence-electron chi connectivity index (χ1n) is 9.57. The second-order valence-electron chi connectivity index (χ2n) is 7.24. The lowest BCUT2D eigenvalue weighted by molar-refractivity contribution is -0.137. The van der Waals surface area contributed by atoms with E-state index < -0.39 is 43.8 Å². The number of alkyl halides is 3. The molecular formula is C19H15ClF3N7O4S. The highest BCUT2D eigenvalue weighted by Gasteiger charge is 2.35. The van der Waals surface area contributed by atoms with E-state index in [0.29, 0.717) is 11.6 Å². The number of hydrogen-bond donors (Lipinski definition) is 3. The van der Waals surface area contributed by atoms with Crippen LogP contribution in [0.5, 0.6) is 0 Å². The maximum absolute atomic E-state index is 13.3. The normalized spacial score (nSPS) is 15.7. The summed E-state index contributed by atoms with van der Waals surface area (Å²) in [7, 11) is -4.55. The van der Waals surface area contributed by atoms with Crippen LogP contribution in [0.4, 0.5) is 18.9 Å². The maximum atomic E-state index is 13.3. The van der Waals surface area contributed by atoms with Gasteiger partial charge < -0.3 is 10.6 Å². The van der Waals surface area contributed by atoms with Gasteiger partial charge in [0.15, 0.2) is 5.82 Å². The molecule has 4 N–H and O–H groups in total. The lowest BCUT2D eigenvalue weighted by Crippen LogP contribution is -2.27. The number of rotatable bonds is 6. The molecule has 0 saturated carbocycles. The number of pyridine rings is 1. The van der Waals surface area contributed by atoms with Crippen LogP contribution < -0.4 is 15.9 Å². The fraction of sp³-hybridized carbons (Fsp3) is 0.158. The molecule has 184 valence electrons. The highest BCUT2D eigenvalue weighted by molar-refractivity contribution is 7.92. The summed E-state index contributed by atoms with van der Waals surface area (Å²) in [5.74, 6) is -1.28. The van der Waals surface area contributed by atoms with E-state index in [9.17, 15) is 26.4 Å².